The number of likely N-dealkylation sites (tertiary alicyclic amines) is 1. The highest BCUT2D eigenvalue weighted by atomic mass is 35.5. The lowest BCUT2D eigenvalue weighted by atomic mass is 9.76. The molecule has 0 unspecified atom stereocenters. The van der Waals surface area contributed by atoms with Crippen LogP contribution >= 0.6 is 11.6 Å². The van der Waals surface area contributed by atoms with Crippen molar-refractivity contribution in [3.8, 4) is 0 Å². The minimum atomic E-state index is -0.0774. The quantitative estimate of drug-likeness (QED) is 0.315. The van der Waals surface area contributed by atoms with E-state index in [4.69, 9.17) is 16.4 Å². The fourth-order valence-corrected chi connectivity index (χ4v) is 4.79. The molecule has 1 aromatic rings. The molecule has 2 amide bonds. The highest BCUT2D eigenvalue weighted by Gasteiger charge is 2.44. The van der Waals surface area contributed by atoms with E-state index < -0.39 is 0 Å². The van der Waals surface area contributed by atoms with Gasteiger partial charge >= 0.3 is 0 Å². The second kappa shape index (κ2) is 8.65. The van der Waals surface area contributed by atoms with Gasteiger partial charge in [0.25, 0.3) is 0 Å². The van der Waals surface area contributed by atoms with Crippen LogP contribution in [0.1, 0.15) is 51.4 Å². The molecule has 9 heteroatoms. The van der Waals surface area contributed by atoms with Gasteiger partial charge in [-0.3, -0.25) is 14.5 Å². The lowest BCUT2D eigenvalue weighted by Crippen LogP contribution is -2.47. The normalized spacial score (nSPS) is 22.8. The van der Waals surface area contributed by atoms with Crippen LogP contribution in [0, 0.1) is 5.41 Å². The maximum absolute atomic E-state index is 12.4. The van der Waals surface area contributed by atoms with Crippen LogP contribution in [0.2, 0.25) is 5.15 Å². The number of rotatable bonds is 5. The van der Waals surface area contributed by atoms with Crippen molar-refractivity contribution in [1.82, 2.24) is 14.9 Å². The van der Waals surface area contributed by atoms with Crippen LogP contribution in [-0.4, -0.2) is 58.6 Å². The van der Waals surface area contributed by atoms with Crippen LogP contribution in [0.4, 0.5) is 5.82 Å². The molecule has 1 saturated carbocycles. The number of oxime groups is 1. The number of anilines is 1. The van der Waals surface area contributed by atoms with E-state index in [2.05, 4.69) is 20.0 Å². The standard InChI is InChI=1S/C20H26ClN5O3/c21-16-11-17(23-14-22-16)25-8-3-15(4-9-25)29-24-7-10-26-18(27)12-20(13-19(26)28)5-1-2-6-20/h7,11,14-15H,1-6,8-10,12-13H2/b24-7+. The minimum Gasteiger partial charge on any atom is -0.393 e. The molecule has 8 nitrogen and oxygen atoms in total. The smallest absolute Gasteiger partial charge is 0.230 e. The van der Waals surface area contributed by atoms with Crippen LogP contribution in [0.5, 0.6) is 0 Å². The Bertz CT molecular complexity index is 768. The van der Waals surface area contributed by atoms with Gasteiger partial charge in [0.2, 0.25) is 11.8 Å². The van der Waals surface area contributed by atoms with E-state index >= 15 is 0 Å². The highest BCUT2D eigenvalue weighted by Crippen LogP contribution is 2.46. The molecule has 0 atom stereocenters. The van der Waals surface area contributed by atoms with Crippen molar-refractivity contribution in [2.45, 2.75) is 57.5 Å². The number of aromatic nitrogens is 2. The number of carbonyl (C=O) groups excluding carboxylic acids is 2. The second-order valence-electron chi connectivity index (χ2n) is 8.24. The third-order valence-electron chi connectivity index (χ3n) is 6.25. The third kappa shape index (κ3) is 4.69. The summed E-state index contributed by atoms with van der Waals surface area (Å²) < 4.78 is 0. The van der Waals surface area contributed by atoms with E-state index in [1.165, 1.54) is 17.4 Å². The third-order valence-corrected chi connectivity index (χ3v) is 6.46. The predicted molar refractivity (Wildman–Crippen MR) is 109 cm³/mol. The topological polar surface area (TPSA) is 88.0 Å². The summed E-state index contributed by atoms with van der Waals surface area (Å²) in [5.41, 5.74) is -0.0693. The molecule has 156 valence electrons. The summed E-state index contributed by atoms with van der Waals surface area (Å²) in [6, 6.07) is 1.75. The van der Waals surface area contributed by atoms with Gasteiger partial charge in [-0.15, -0.1) is 0 Å². The van der Waals surface area contributed by atoms with Gasteiger partial charge in [-0.25, -0.2) is 9.97 Å². The summed E-state index contributed by atoms with van der Waals surface area (Å²) in [7, 11) is 0. The van der Waals surface area contributed by atoms with Gasteiger partial charge in [-0.2, -0.15) is 0 Å². The summed E-state index contributed by atoms with van der Waals surface area (Å²) in [6.07, 6.45) is 9.82. The Morgan fingerprint density at radius 1 is 1.17 bits per heavy atom. The van der Waals surface area contributed by atoms with E-state index in [0.717, 1.165) is 57.4 Å². The Morgan fingerprint density at radius 2 is 1.86 bits per heavy atom. The number of amides is 2. The highest BCUT2D eigenvalue weighted by molar-refractivity contribution is 6.29. The molecular weight excluding hydrogens is 394 g/mol. The molecule has 0 bridgehead atoms. The van der Waals surface area contributed by atoms with Crippen molar-refractivity contribution in [2.24, 2.45) is 10.6 Å². The molecule has 2 saturated heterocycles. The fraction of sp³-hybridized carbons (Fsp3) is 0.650. The molecule has 0 aromatic carbocycles. The Balaban J connectivity index is 1.21. The molecular formula is C20H26ClN5O3. The first kappa shape index (κ1) is 20.1. The number of hydrogen-bond donors (Lipinski definition) is 0. The van der Waals surface area contributed by atoms with E-state index in [0.29, 0.717) is 18.0 Å². The largest absolute Gasteiger partial charge is 0.393 e. The zero-order chi connectivity index (χ0) is 20.3. The number of halogens is 1. The molecule has 2 aliphatic heterocycles. The van der Waals surface area contributed by atoms with Gasteiger partial charge < -0.3 is 9.74 Å². The number of nitrogens with zero attached hydrogens (tertiary/aromatic N) is 5. The fourth-order valence-electron chi connectivity index (χ4n) is 4.65. The molecule has 0 radical (unpaired) electrons. The molecule has 3 fully saturated rings. The number of carbonyl (C=O) groups is 2. The summed E-state index contributed by atoms with van der Waals surface area (Å²) >= 11 is 5.92. The van der Waals surface area contributed by atoms with Crippen molar-refractivity contribution >= 4 is 35.4 Å². The molecule has 1 spiro atoms. The average molecular weight is 420 g/mol. The molecule has 29 heavy (non-hydrogen) atoms. The van der Waals surface area contributed by atoms with E-state index in [9.17, 15) is 9.59 Å². The van der Waals surface area contributed by atoms with E-state index in [1.54, 1.807) is 6.07 Å². The van der Waals surface area contributed by atoms with E-state index in [1.807, 2.05) is 0 Å². The first-order valence-electron chi connectivity index (χ1n) is 10.3. The Hall–Kier alpha value is -2.22. The van der Waals surface area contributed by atoms with Crippen molar-refractivity contribution < 1.29 is 14.4 Å². The molecule has 1 aliphatic carbocycles. The van der Waals surface area contributed by atoms with E-state index in [-0.39, 0.29) is 29.9 Å². The lowest BCUT2D eigenvalue weighted by molar-refractivity contribution is -0.152. The minimum absolute atomic E-state index is 0.00864. The SMILES string of the molecule is O=C1CC2(CCCC2)CC(=O)N1C/C=N/OC1CCN(c2cc(Cl)ncn2)CC1. The van der Waals surface area contributed by atoms with Gasteiger partial charge in [0.15, 0.2) is 0 Å². The second-order valence-corrected chi connectivity index (χ2v) is 8.62. The summed E-state index contributed by atoms with van der Waals surface area (Å²) in [5.74, 6) is 0.659. The molecule has 3 heterocycles. The van der Waals surface area contributed by atoms with Crippen LogP contribution in [0.3, 0.4) is 0 Å². The number of imide groups is 1. The molecule has 1 aromatic heterocycles. The van der Waals surface area contributed by atoms with Crippen molar-refractivity contribution in [3.05, 3.63) is 17.5 Å². The van der Waals surface area contributed by atoms with Gasteiger partial charge in [0.1, 0.15) is 23.4 Å². The maximum atomic E-state index is 12.4. The molecule has 3 aliphatic rings. The van der Waals surface area contributed by atoms with Crippen LogP contribution in [0.25, 0.3) is 0 Å². The maximum Gasteiger partial charge on any atom is 0.230 e. The van der Waals surface area contributed by atoms with Crippen LogP contribution in [0.15, 0.2) is 17.5 Å². The zero-order valence-electron chi connectivity index (χ0n) is 16.4. The summed E-state index contributed by atoms with van der Waals surface area (Å²) in [4.78, 5) is 42.1. The first-order valence-corrected chi connectivity index (χ1v) is 10.7. The molecule has 0 N–H and O–H groups in total. The van der Waals surface area contributed by atoms with Crippen LogP contribution in [-0.2, 0) is 14.4 Å². The Labute approximate surface area is 175 Å². The lowest BCUT2D eigenvalue weighted by Gasteiger charge is -2.36. The zero-order valence-corrected chi connectivity index (χ0v) is 17.2. The summed E-state index contributed by atoms with van der Waals surface area (Å²) in [6.45, 7) is 1.77. The Kier molecular flexibility index (Phi) is 5.99. The van der Waals surface area contributed by atoms with Gasteiger partial charge in [0.05, 0.1) is 12.8 Å². The Morgan fingerprint density at radius 3 is 2.52 bits per heavy atom. The van der Waals surface area contributed by atoms with Crippen molar-refractivity contribution in [3.63, 3.8) is 0 Å². The van der Waals surface area contributed by atoms with Crippen LogP contribution < -0.4 is 4.90 Å². The summed E-state index contributed by atoms with van der Waals surface area (Å²) in [5, 5.41) is 4.45. The van der Waals surface area contributed by atoms with Gasteiger partial charge in [-0.1, -0.05) is 29.6 Å². The number of piperidine rings is 2. The first-order chi connectivity index (χ1) is 14.0. The average Bonchev–Trinajstić information content (AvgIpc) is 3.14. The monoisotopic (exact) mass is 419 g/mol. The number of hydrogen-bond acceptors (Lipinski definition) is 7. The predicted octanol–water partition coefficient (Wildman–Crippen LogP) is 2.81. The van der Waals surface area contributed by atoms with Gasteiger partial charge in [0, 0.05) is 44.8 Å². The van der Waals surface area contributed by atoms with Gasteiger partial charge in [-0.05, 0) is 18.3 Å². The van der Waals surface area contributed by atoms with Crippen molar-refractivity contribution in [2.75, 3.05) is 24.5 Å². The van der Waals surface area contributed by atoms with Crippen molar-refractivity contribution in [1.29, 1.82) is 0 Å². The molecule has 4 rings (SSSR count).